The van der Waals surface area contributed by atoms with Gasteiger partial charge in [0.05, 0.1) is 0 Å². The zero-order valence-corrected chi connectivity index (χ0v) is 11.3. The van der Waals surface area contributed by atoms with Crippen LogP contribution in [-0.2, 0) is 6.42 Å². The first-order valence-corrected chi connectivity index (χ1v) is 6.52. The van der Waals surface area contributed by atoms with Crippen LogP contribution in [0.4, 0.5) is 0 Å². The van der Waals surface area contributed by atoms with Gasteiger partial charge >= 0.3 is 0 Å². The Hall–Kier alpha value is -1.12. The zero-order chi connectivity index (χ0) is 12.3. The molecule has 1 nitrogen and oxygen atoms in total. The molecular formula is C15H15BrO. The van der Waals surface area contributed by atoms with Gasteiger partial charge in [-0.3, -0.25) is 0 Å². The molecule has 0 saturated carbocycles. The summed E-state index contributed by atoms with van der Waals surface area (Å²) >= 11 is 3.39. The van der Waals surface area contributed by atoms with Gasteiger partial charge in [-0.2, -0.15) is 0 Å². The average Bonchev–Trinajstić information content (AvgIpc) is 2.39. The van der Waals surface area contributed by atoms with Crippen LogP contribution in [0.3, 0.4) is 0 Å². The van der Waals surface area contributed by atoms with Crippen LogP contribution in [0.2, 0.25) is 0 Å². The Bertz CT molecular complexity index is 491. The molecule has 17 heavy (non-hydrogen) atoms. The number of halogens is 1. The lowest BCUT2D eigenvalue weighted by Gasteiger charge is -2.12. The summed E-state index contributed by atoms with van der Waals surface area (Å²) in [6.07, 6.45) is 0.440. The van der Waals surface area contributed by atoms with Gasteiger partial charge in [0, 0.05) is 4.47 Å². The van der Waals surface area contributed by atoms with Gasteiger partial charge < -0.3 is 5.11 Å². The molecule has 2 heteroatoms. The summed E-state index contributed by atoms with van der Waals surface area (Å²) in [6, 6.07) is 15.9. The molecule has 0 bridgehead atoms. The maximum Gasteiger partial charge on any atom is 0.104 e. The van der Waals surface area contributed by atoms with E-state index in [9.17, 15) is 5.11 Å². The maximum absolute atomic E-state index is 10.3. The molecule has 88 valence electrons. The Morgan fingerprint density at radius 1 is 1.06 bits per heavy atom. The van der Waals surface area contributed by atoms with E-state index in [0.29, 0.717) is 0 Å². The van der Waals surface area contributed by atoms with Crippen LogP contribution in [0, 0.1) is 0 Å². The largest absolute Gasteiger partial charge is 0.384 e. The molecule has 0 fully saturated rings. The fraction of sp³-hybridized carbons (Fsp3) is 0.200. The number of hydrogen-bond acceptors (Lipinski definition) is 1. The van der Waals surface area contributed by atoms with Crippen LogP contribution in [-0.4, -0.2) is 5.11 Å². The molecular weight excluding hydrogens is 276 g/mol. The van der Waals surface area contributed by atoms with Crippen LogP contribution in [0.25, 0.3) is 0 Å². The fourth-order valence-corrected chi connectivity index (χ4v) is 2.08. The number of aryl methyl sites for hydroxylation is 1. The van der Waals surface area contributed by atoms with Gasteiger partial charge in [-0.05, 0) is 35.2 Å². The summed E-state index contributed by atoms with van der Waals surface area (Å²) in [5.41, 5.74) is 3.12. The predicted molar refractivity (Wildman–Crippen MR) is 74.0 cm³/mol. The van der Waals surface area contributed by atoms with E-state index in [4.69, 9.17) is 0 Å². The first-order valence-electron chi connectivity index (χ1n) is 5.73. The molecule has 0 aromatic heterocycles. The van der Waals surface area contributed by atoms with E-state index in [2.05, 4.69) is 35.0 Å². The highest BCUT2D eigenvalue weighted by molar-refractivity contribution is 9.10. The van der Waals surface area contributed by atoms with Crippen LogP contribution in [0.15, 0.2) is 53.0 Å². The maximum atomic E-state index is 10.3. The van der Waals surface area contributed by atoms with Crippen molar-refractivity contribution in [1.82, 2.24) is 0 Å². The van der Waals surface area contributed by atoms with E-state index in [1.165, 1.54) is 5.56 Å². The second kappa shape index (κ2) is 5.48. The summed E-state index contributed by atoms with van der Waals surface area (Å²) in [6.45, 7) is 2.12. The van der Waals surface area contributed by atoms with Crippen molar-refractivity contribution < 1.29 is 5.11 Å². The van der Waals surface area contributed by atoms with Crippen molar-refractivity contribution in [3.05, 3.63) is 69.7 Å². The molecule has 1 atom stereocenters. The molecule has 0 saturated heterocycles. The van der Waals surface area contributed by atoms with Crippen molar-refractivity contribution in [3.63, 3.8) is 0 Å². The average molecular weight is 291 g/mol. The molecule has 1 N–H and O–H groups in total. The molecule has 0 aliphatic carbocycles. The highest BCUT2D eigenvalue weighted by Gasteiger charge is 2.10. The quantitative estimate of drug-likeness (QED) is 0.903. The minimum Gasteiger partial charge on any atom is -0.384 e. The van der Waals surface area contributed by atoms with E-state index in [1.807, 2.05) is 36.4 Å². The number of aliphatic hydroxyl groups is 1. The molecule has 2 aromatic carbocycles. The van der Waals surface area contributed by atoms with Gasteiger partial charge in [0.15, 0.2) is 0 Å². The summed E-state index contributed by atoms with van der Waals surface area (Å²) in [7, 11) is 0. The summed E-state index contributed by atoms with van der Waals surface area (Å²) in [4.78, 5) is 0. The first-order chi connectivity index (χ1) is 8.20. The SMILES string of the molecule is CCc1cccc(C(O)c2ccc(Br)cc2)c1. The lowest BCUT2D eigenvalue weighted by atomic mass is 9.99. The second-order valence-corrected chi connectivity index (χ2v) is 4.97. The Morgan fingerprint density at radius 3 is 2.41 bits per heavy atom. The van der Waals surface area contributed by atoms with Gasteiger partial charge in [0.25, 0.3) is 0 Å². The van der Waals surface area contributed by atoms with Gasteiger partial charge in [-0.25, -0.2) is 0 Å². The molecule has 2 aromatic rings. The molecule has 0 heterocycles. The van der Waals surface area contributed by atoms with E-state index in [-0.39, 0.29) is 0 Å². The third-order valence-electron chi connectivity index (χ3n) is 2.86. The Kier molecular flexibility index (Phi) is 3.97. The zero-order valence-electron chi connectivity index (χ0n) is 9.73. The number of hydrogen-bond donors (Lipinski definition) is 1. The number of aliphatic hydroxyl groups excluding tert-OH is 1. The van der Waals surface area contributed by atoms with E-state index in [0.717, 1.165) is 22.0 Å². The van der Waals surface area contributed by atoms with Crippen molar-refractivity contribution >= 4 is 15.9 Å². The minimum absolute atomic E-state index is 0.547. The lowest BCUT2D eigenvalue weighted by Crippen LogP contribution is -2.00. The smallest absolute Gasteiger partial charge is 0.104 e. The topological polar surface area (TPSA) is 20.2 Å². The summed E-state index contributed by atoms with van der Waals surface area (Å²) in [5.74, 6) is 0. The van der Waals surface area contributed by atoms with Crippen LogP contribution in [0.5, 0.6) is 0 Å². The summed E-state index contributed by atoms with van der Waals surface area (Å²) in [5, 5.41) is 10.3. The molecule has 0 aliphatic heterocycles. The van der Waals surface area contributed by atoms with Crippen molar-refractivity contribution in [2.75, 3.05) is 0 Å². The van der Waals surface area contributed by atoms with Gasteiger partial charge in [-0.15, -0.1) is 0 Å². The Labute approximate surface area is 110 Å². The fourth-order valence-electron chi connectivity index (χ4n) is 1.82. The van der Waals surface area contributed by atoms with Crippen LogP contribution in [0.1, 0.15) is 29.7 Å². The molecule has 0 aliphatic rings. The normalized spacial score (nSPS) is 12.4. The first kappa shape index (κ1) is 12.3. The molecule has 2 rings (SSSR count). The van der Waals surface area contributed by atoms with Crippen LogP contribution >= 0.6 is 15.9 Å². The highest BCUT2D eigenvalue weighted by Crippen LogP contribution is 2.24. The molecule has 0 amide bonds. The van der Waals surface area contributed by atoms with E-state index >= 15 is 0 Å². The van der Waals surface area contributed by atoms with Gasteiger partial charge in [0.1, 0.15) is 6.10 Å². The van der Waals surface area contributed by atoms with E-state index in [1.54, 1.807) is 0 Å². The molecule has 0 spiro atoms. The van der Waals surface area contributed by atoms with Crippen molar-refractivity contribution in [2.45, 2.75) is 19.4 Å². The second-order valence-electron chi connectivity index (χ2n) is 4.05. The Balaban J connectivity index is 2.29. The van der Waals surface area contributed by atoms with Gasteiger partial charge in [0.2, 0.25) is 0 Å². The lowest BCUT2D eigenvalue weighted by molar-refractivity contribution is 0.220. The third kappa shape index (κ3) is 2.96. The number of rotatable bonds is 3. The monoisotopic (exact) mass is 290 g/mol. The number of benzene rings is 2. The molecule has 0 radical (unpaired) electrons. The predicted octanol–water partition coefficient (Wildman–Crippen LogP) is 4.09. The van der Waals surface area contributed by atoms with Crippen molar-refractivity contribution in [2.24, 2.45) is 0 Å². The van der Waals surface area contributed by atoms with Crippen molar-refractivity contribution in [1.29, 1.82) is 0 Å². The standard InChI is InChI=1S/C15H15BrO/c1-2-11-4-3-5-13(10-11)15(17)12-6-8-14(16)9-7-12/h3-10,15,17H,2H2,1H3. The highest BCUT2D eigenvalue weighted by atomic mass is 79.9. The van der Waals surface area contributed by atoms with Crippen LogP contribution < -0.4 is 0 Å². The molecule has 1 unspecified atom stereocenters. The summed E-state index contributed by atoms with van der Waals surface area (Å²) < 4.78 is 1.02. The van der Waals surface area contributed by atoms with E-state index < -0.39 is 6.10 Å². The Morgan fingerprint density at radius 2 is 1.76 bits per heavy atom. The third-order valence-corrected chi connectivity index (χ3v) is 3.39. The van der Waals surface area contributed by atoms with Gasteiger partial charge in [-0.1, -0.05) is 59.3 Å². The minimum atomic E-state index is -0.547. The van der Waals surface area contributed by atoms with Crippen molar-refractivity contribution in [3.8, 4) is 0 Å².